The number of carbonyl (C=O) groups is 1. The van der Waals surface area contributed by atoms with Gasteiger partial charge in [0.25, 0.3) is 0 Å². The molecule has 0 saturated carbocycles. The zero-order valence-electron chi connectivity index (χ0n) is 13.9. The van der Waals surface area contributed by atoms with Crippen LogP contribution in [-0.4, -0.2) is 27.6 Å². The van der Waals surface area contributed by atoms with Gasteiger partial charge in [-0.25, -0.2) is 18.4 Å². The minimum atomic E-state index is -3.98. The molecule has 10 heteroatoms. The molecule has 2 aromatic carbocycles. The third-order valence-corrected chi connectivity index (χ3v) is 5.24. The van der Waals surface area contributed by atoms with Crippen molar-refractivity contribution in [2.75, 3.05) is 13.2 Å². The Bertz CT molecular complexity index is 993. The van der Waals surface area contributed by atoms with Crippen molar-refractivity contribution in [1.82, 2.24) is 0 Å². The molecule has 27 heavy (non-hydrogen) atoms. The lowest BCUT2D eigenvalue weighted by Crippen LogP contribution is -2.14. The van der Waals surface area contributed by atoms with Crippen LogP contribution in [0.3, 0.4) is 0 Å². The third-order valence-electron chi connectivity index (χ3n) is 3.72. The molecule has 0 aromatic heterocycles. The summed E-state index contributed by atoms with van der Waals surface area (Å²) < 4.78 is 39.2. The molecule has 0 aliphatic carbocycles. The number of hydrogen-bond donors (Lipinski definition) is 1. The van der Waals surface area contributed by atoms with Crippen LogP contribution in [0.15, 0.2) is 35.2 Å². The average molecular weight is 432 g/mol. The number of rotatable bonds is 4. The molecule has 1 heterocycles. The summed E-state index contributed by atoms with van der Waals surface area (Å²) in [5.41, 5.74) is 0.472. The van der Waals surface area contributed by atoms with E-state index in [1.165, 1.54) is 12.1 Å². The molecule has 3 rings (SSSR count). The summed E-state index contributed by atoms with van der Waals surface area (Å²) in [5.74, 6) is 0.127. The number of nitrogens with two attached hydrogens (primary N) is 1. The summed E-state index contributed by atoms with van der Waals surface area (Å²) in [6, 6.07) is 6.81. The van der Waals surface area contributed by atoms with E-state index in [1.807, 2.05) is 0 Å². The summed E-state index contributed by atoms with van der Waals surface area (Å²) in [4.78, 5) is 12.1. The second-order valence-electron chi connectivity index (χ2n) is 5.72. The SMILES string of the molecule is NS(=O)(=O)c1ccc(Cl)c(C(=O)OCc2cc(Cl)c3c(c2)OCCCO3)c1. The maximum Gasteiger partial charge on any atom is 0.340 e. The predicted octanol–water partition coefficient (Wildman–Crippen LogP) is 3.16. The van der Waals surface area contributed by atoms with Crippen LogP contribution in [0.1, 0.15) is 22.3 Å². The van der Waals surface area contributed by atoms with Crippen LogP contribution in [0.25, 0.3) is 0 Å². The van der Waals surface area contributed by atoms with Crippen molar-refractivity contribution >= 4 is 39.2 Å². The van der Waals surface area contributed by atoms with Crippen LogP contribution in [0, 0.1) is 0 Å². The van der Waals surface area contributed by atoms with E-state index < -0.39 is 16.0 Å². The number of fused-ring (bicyclic) bond motifs is 1. The number of sulfonamides is 1. The Labute approximate surface area is 166 Å². The molecule has 2 N–H and O–H groups in total. The highest BCUT2D eigenvalue weighted by Crippen LogP contribution is 2.38. The fourth-order valence-corrected chi connectivity index (χ4v) is 3.45. The highest BCUT2D eigenvalue weighted by atomic mass is 35.5. The van der Waals surface area contributed by atoms with Crippen LogP contribution < -0.4 is 14.6 Å². The van der Waals surface area contributed by atoms with Crippen LogP contribution in [-0.2, 0) is 21.4 Å². The molecular weight excluding hydrogens is 417 g/mol. The van der Waals surface area contributed by atoms with Gasteiger partial charge in [0.1, 0.15) is 6.61 Å². The smallest absolute Gasteiger partial charge is 0.340 e. The Morgan fingerprint density at radius 3 is 2.59 bits per heavy atom. The zero-order valence-corrected chi connectivity index (χ0v) is 16.2. The zero-order chi connectivity index (χ0) is 19.6. The maximum atomic E-state index is 12.3. The minimum Gasteiger partial charge on any atom is -0.489 e. The van der Waals surface area contributed by atoms with Crippen molar-refractivity contribution < 1.29 is 27.4 Å². The van der Waals surface area contributed by atoms with Gasteiger partial charge in [0.15, 0.2) is 11.5 Å². The Balaban J connectivity index is 1.78. The predicted molar refractivity (Wildman–Crippen MR) is 99.0 cm³/mol. The van der Waals surface area contributed by atoms with Gasteiger partial charge >= 0.3 is 5.97 Å². The summed E-state index contributed by atoms with van der Waals surface area (Å²) in [6.07, 6.45) is 0.730. The van der Waals surface area contributed by atoms with Crippen LogP contribution >= 0.6 is 23.2 Å². The molecule has 0 unspecified atom stereocenters. The quantitative estimate of drug-likeness (QED) is 0.745. The maximum absolute atomic E-state index is 12.3. The minimum absolute atomic E-state index is 0.0455. The van der Waals surface area contributed by atoms with Gasteiger partial charge in [0, 0.05) is 6.42 Å². The number of carbonyl (C=O) groups excluding carboxylic acids is 1. The van der Waals surface area contributed by atoms with E-state index >= 15 is 0 Å². The fourth-order valence-electron chi connectivity index (χ4n) is 2.43. The van der Waals surface area contributed by atoms with E-state index in [4.69, 9.17) is 42.6 Å². The van der Waals surface area contributed by atoms with Gasteiger partial charge < -0.3 is 14.2 Å². The van der Waals surface area contributed by atoms with Gasteiger partial charge in [-0.15, -0.1) is 0 Å². The normalized spacial score (nSPS) is 13.7. The molecule has 0 bridgehead atoms. The van der Waals surface area contributed by atoms with E-state index in [-0.39, 0.29) is 22.1 Å². The lowest BCUT2D eigenvalue weighted by Gasteiger charge is -2.12. The Hall–Kier alpha value is -2.00. The highest BCUT2D eigenvalue weighted by Gasteiger charge is 2.19. The molecule has 0 saturated heterocycles. The average Bonchev–Trinajstić information content (AvgIpc) is 2.85. The first kappa shape index (κ1) is 19.8. The fraction of sp³-hybridized carbons (Fsp3) is 0.235. The first-order valence-corrected chi connectivity index (χ1v) is 10.1. The molecule has 0 amide bonds. The molecular formula is C17H15Cl2NO6S. The first-order chi connectivity index (χ1) is 12.8. The standard InChI is InChI=1S/C17H15Cl2NO6S/c18-13-3-2-11(27(20,22)23)8-12(13)17(21)26-9-10-6-14(19)16-15(7-10)24-4-1-5-25-16/h2-3,6-8H,1,4-5,9H2,(H2,20,22,23). The summed E-state index contributed by atoms with van der Waals surface area (Å²) >= 11 is 12.2. The van der Waals surface area contributed by atoms with Gasteiger partial charge in [-0.3, -0.25) is 0 Å². The van der Waals surface area contributed by atoms with Crippen molar-refractivity contribution in [3.8, 4) is 11.5 Å². The third kappa shape index (κ3) is 4.65. The summed E-state index contributed by atoms with van der Waals surface area (Å²) in [6.45, 7) is 0.869. The van der Waals surface area contributed by atoms with E-state index in [9.17, 15) is 13.2 Å². The largest absolute Gasteiger partial charge is 0.489 e. The molecule has 0 fully saturated rings. The van der Waals surface area contributed by atoms with Gasteiger partial charge in [-0.1, -0.05) is 23.2 Å². The molecule has 1 aliphatic heterocycles. The van der Waals surface area contributed by atoms with Crippen LogP contribution in [0.4, 0.5) is 0 Å². The molecule has 7 nitrogen and oxygen atoms in total. The van der Waals surface area contributed by atoms with E-state index in [0.717, 1.165) is 12.5 Å². The molecule has 2 aromatic rings. The van der Waals surface area contributed by atoms with Crippen molar-refractivity contribution in [3.63, 3.8) is 0 Å². The Kier molecular flexibility index (Phi) is 5.81. The summed E-state index contributed by atoms with van der Waals surface area (Å²) in [7, 11) is -3.98. The second kappa shape index (κ2) is 7.93. The highest BCUT2D eigenvalue weighted by molar-refractivity contribution is 7.89. The lowest BCUT2D eigenvalue weighted by atomic mass is 10.2. The van der Waals surface area contributed by atoms with E-state index in [2.05, 4.69) is 0 Å². The van der Waals surface area contributed by atoms with Crippen LogP contribution in [0.5, 0.6) is 11.5 Å². The number of benzene rings is 2. The lowest BCUT2D eigenvalue weighted by molar-refractivity contribution is 0.0472. The summed E-state index contributed by atoms with van der Waals surface area (Å²) in [5, 5.41) is 5.46. The molecule has 144 valence electrons. The molecule has 0 radical (unpaired) electrons. The number of ether oxygens (including phenoxy) is 3. The number of hydrogen-bond acceptors (Lipinski definition) is 6. The van der Waals surface area contributed by atoms with Crippen molar-refractivity contribution in [3.05, 3.63) is 51.5 Å². The number of esters is 1. The van der Waals surface area contributed by atoms with Crippen molar-refractivity contribution in [2.45, 2.75) is 17.9 Å². The van der Waals surface area contributed by atoms with Gasteiger partial charge in [0.05, 0.1) is 33.7 Å². The molecule has 1 aliphatic rings. The number of halogens is 2. The topological polar surface area (TPSA) is 105 Å². The molecule has 0 atom stereocenters. The first-order valence-electron chi connectivity index (χ1n) is 7.83. The second-order valence-corrected chi connectivity index (χ2v) is 8.09. The Morgan fingerprint density at radius 2 is 1.85 bits per heavy atom. The van der Waals surface area contributed by atoms with Crippen molar-refractivity contribution in [2.24, 2.45) is 5.14 Å². The van der Waals surface area contributed by atoms with Gasteiger partial charge in [-0.05, 0) is 35.9 Å². The van der Waals surface area contributed by atoms with Gasteiger partial charge in [-0.2, -0.15) is 0 Å². The van der Waals surface area contributed by atoms with Gasteiger partial charge in [0.2, 0.25) is 10.0 Å². The van der Waals surface area contributed by atoms with E-state index in [1.54, 1.807) is 12.1 Å². The van der Waals surface area contributed by atoms with Crippen molar-refractivity contribution in [1.29, 1.82) is 0 Å². The van der Waals surface area contributed by atoms with E-state index in [0.29, 0.717) is 35.3 Å². The number of primary sulfonamides is 1. The molecule has 0 spiro atoms. The monoisotopic (exact) mass is 431 g/mol. The Morgan fingerprint density at radius 1 is 1.11 bits per heavy atom. The van der Waals surface area contributed by atoms with Crippen LogP contribution in [0.2, 0.25) is 10.0 Å².